The molecule has 2 aliphatic carbocycles. The molecule has 0 nitrogen and oxygen atoms in total. The maximum atomic E-state index is 2.32. The van der Waals surface area contributed by atoms with E-state index in [9.17, 15) is 0 Å². The molecule has 0 unspecified atom stereocenters. The SMILES string of the molecule is CC1=[C]([Zr+2][C]2=CC=CC2)CC=C1.[Cl-].[Cl-]. The van der Waals surface area contributed by atoms with Crippen LogP contribution in [0.3, 0.4) is 0 Å². The van der Waals surface area contributed by atoms with Gasteiger partial charge in [0.05, 0.1) is 0 Å². The van der Waals surface area contributed by atoms with E-state index in [1.807, 2.05) is 0 Å². The fraction of sp³-hybridized carbons (Fsp3) is 0.273. The van der Waals surface area contributed by atoms with Gasteiger partial charge in [0.1, 0.15) is 0 Å². The van der Waals surface area contributed by atoms with E-state index >= 15 is 0 Å². The van der Waals surface area contributed by atoms with Gasteiger partial charge in [-0.2, -0.15) is 0 Å². The second-order valence-corrected chi connectivity index (χ2v) is 6.89. The summed E-state index contributed by atoms with van der Waals surface area (Å²) in [5, 5.41) is 0. The van der Waals surface area contributed by atoms with Crippen LogP contribution in [0.1, 0.15) is 19.8 Å². The minimum absolute atomic E-state index is 0. The molecule has 2 rings (SSSR count). The fourth-order valence-corrected chi connectivity index (χ4v) is 4.66. The molecule has 0 saturated carbocycles. The van der Waals surface area contributed by atoms with Gasteiger partial charge in [-0.25, -0.2) is 0 Å². The fourth-order valence-electron chi connectivity index (χ4n) is 1.50. The van der Waals surface area contributed by atoms with Crippen LogP contribution in [0.25, 0.3) is 0 Å². The first-order valence-corrected chi connectivity index (χ1v) is 6.81. The summed E-state index contributed by atoms with van der Waals surface area (Å²) in [5.74, 6) is 0. The predicted molar refractivity (Wildman–Crippen MR) is 48.3 cm³/mol. The van der Waals surface area contributed by atoms with Crippen molar-refractivity contribution in [2.45, 2.75) is 19.8 Å². The Morgan fingerprint density at radius 2 is 1.93 bits per heavy atom. The quantitative estimate of drug-likeness (QED) is 0.515. The van der Waals surface area contributed by atoms with Crippen LogP contribution in [0.4, 0.5) is 0 Å². The molecule has 0 bridgehead atoms. The van der Waals surface area contributed by atoms with Gasteiger partial charge in [0.25, 0.3) is 0 Å². The maximum Gasteiger partial charge on any atom is -1.00 e. The molecule has 0 amide bonds. The van der Waals surface area contributed by atoms with E-state index in [2.05, 4.69) is 37.3 Å². The van der Waals surface area contributed by atoms with E-state index in [4.69, 9.17) is 0 Å². The Labute approximate surface area is 110 Å². The Hall–Kier alpha value is 0.423. The summed E-state index contributed by atoms with van der Waals surface area (Å²) in [6.07, 6.45) is 13.9. The number of hydrogen-bond acceptors (Lipinski definition) is 0. The zero-order valence-electron chi connectivity index (χ0n) is 8.06. The van der Waals surface area contributed by atoms with Gasteiger partial charge in [-0.3, -0.25) is 0 Å². The summed E-state index contributed by atoms with van der Waals surface area (Å²) >= 11 is -0.348. The standard InChI is InChI=1S/C6H7.C5H5.2ClH.Zr/c1-6-4-2-3-5-6;1-2-4-5-3-1;;;/h2,4H,3H2,1H3;1-3H,4H2;2*1H;/q;;;;+2/p-2. The second-order valence-electron chi connectivity index (χ2n) is 3.22. The van der Waals surface area contributed by atoms with Crippen LogP contribution in [0.5, 0.6) is 0 Å². The van der Waals surface area contributed by atoms with E-state index in [-0.39, 0.29) is 48.0 Å². The molecule has 74 valence electrons. The van der Waals surface area contributed by atoms with Gasteiger partial charge in [-0.1, -0.05) is 0 Å². The molecule has 14 heavy (non-hydrogen) atoms. The van der Waals surface area contributed by atoms with Gasteiger partial charge in [0, 0.05) is 0 Å². The van der Waals surface area contributed by atoms with Crippen LogP contribution in [0.15, 0.2) is 42.5 Å². The Kier molecular flexibility index (Phi) is 7.03. The number of rotatable bonds is 2. The molecule has 0 aromatic carbocycles. The first-order chi connectivity index (χ1) is 5.86. The summed E-state index contributed by atoms with van der Waals surface area (Å²) in [7, 11) is 0. The van der Waals surface area contributed by atoms with Crippen LogP contribution in [-0.4, -0.2) is 0 Å². The van der Waals surface area contributed by atoms with Crippen molar-refractivity contribution >= 4 is 0 Å². The van der Waals surface area contributed by atoms with Crippen molar-refractivity contribution < 1.29 is 48.0 Å². The van der Waals surface area contributed by atoms with Crippen molar-refractivity contribution in [3.8, 4) is 0 Å². The zero-order chi connectivity index (χ0) is 8.39. The summed E-state index contributed by atoms with van der Waals surface area (Å²) in [6.45, 7) is 2.25. The molecule has 0 aliphatic heterocycles. The average molecular weight is 306 g/mol. The van der Waals surface area contributed by atoms with E-state index in [1.54, 1.807) is 12.1 Å². The topological polar surface area (TPSA) is 0 Å². The Morgan fingerprint density at radius 1 is 1.14 bits per heavy atom. The van der Waals surface area contributed by atoms with Gasteiger partial charge in [-0.05, 0) is 0 Å². The third kappa shape index (κ3) is 3.53. The molecule has 0 radical (unpaired) electrons. The van der Waals surface area contributed by atoms with E-state index in [0.29, 0.717) is 0 Å². The van der Waals surface area contributed by atoms with Crippen molar-refractivity contribution in [1.29, 1.82) is 0 Å². The van der Waals surface area contributed by atoms with Crippen molar-refractivity contribution in [1.82, 2.24) is 0 Å². The summed E-state index contributed by atoms with van der Waals surface area (Å²) in [5.41, 5.74) is 1.55. The van der Waals surface area contributed by atoms with Gasteiger partial charge in [0.15, 0.2) is 0 Å². The van der Waals surface area contributed by atoms with Crippen LogP contribution < -0.4 is 24.8 Å². The number of hydrogen-bond donors (Lipinski definition) is 0. The van der Waals surface area contributed by atoms with Crippen molar-refractivity contribution in [3.63, 3.8) is 0 Å². The predicted octanol–water partition coefficient (Wildman–Crippen LogP) is -2.85. The van der Waals surface area contributed by atoms with Gasteiger partial charge in [0.2, 0.25) is 0 Å². The van der Waals surface area contributed by atoms with Crippen molar-refractivity contribution in [3.05, 3.63) is 42.5 Å². The molecule has 0 aromatic rings. The third-order valence-corrected chi connectivity index (χ3v) is 6.16. The first-order valence-electron chi connectivity index (χ1n) is 4.35. The summed E-state index contributed by atoms with van der Waals surface area (Å²) in [6, 6.07) is 0. The molecule has 0 N–H and O–H groups in total. The monoisotopic (exact) mass is 304 g/mol. The van der Waals surface area contributed by atoms with Gasteiger partial charge in [-0.15, -0.1) is 0 Å². The van der Waals surface area contributed by atoms with E-state index in [0.717, 1.165) is 0 Å². The second kappa shape index (κ2) is 6.82. The molecule has 2 aliphatic rings. The van der Waals surface area contributed by atoms with Crippen LogP contribution >= 0.6 is 0 Å². The minimum atomic E-state index is -0.348. The normalized spacial score (nSPS) is 17.4. The molecular weight excluding hydrogens is 294 g/mol. The third-order valence-electron chi connectivity index (χ3n) is 2.25. The van der Waals surface area contributed by atoms with Crippen LogP contribution in [-0.2, 0) is 23.2 Å². The molecule has 0 aromatic heterocycles. The van der Waals surface area contributed by atoms with Gasteiger partial charge < -0.3 is 24.8 Å². The Bertz CT molecular complexity index is 311. The van der Waals surface area contributed by atoms with Crippen LogP contribution in [0.2, 0.25) is 0 Å². The van der Waals surface area contributed by atoms with E-state index < -0.39 is 0 Å². The summed E-state index contributed by atoms with van der Waals surface area (Å²) < 4.78 is 3.50. The minimum Gasteiger partial charge on any atom is -1.00 e. The molecule has 3 heteroatoms. The molecule has 0 atom stereocenters. The Balaban J connectivity index is 0.000000845. The molecule has 0 spiro atoms. The largest absolute Gasteiger partial charge is 1.00 e. The maximum absolute atomic E-state index is 2.32. The molecular formula is C11H12Cl2Zr. The van der Waals surface area contributed by atoms with Crippen molar-refractivity contribution in [2.24, 2.45) is 0 Å². The number of halogens is 2. The molecule has 0 saturated heterocycles. The van der Waals surface area contributed by atoms with Gasteiger partial charge >= 0.3 is 85.5 Å². The van der Waals surface area contributed by atoms with Crippen molar-refractivity contribution in [2.75, 3.05) is 0 Å². The average Bonchev–Trinajstić information content (AvgIpc) is 2.65. The van der Waals surface area contributed by atoms with E-state index in [1.165, 1.54) is 12.8 Å². The first kappa shape index (κ1) is 14.4. The molecule has 0 fully saturated rings. The zero-order valence-corrected chi connectivity index (χ0v) is 12.0. The Morgan fingerprint density at radius 3 is 2.43 bits per heavy atom. The summed E-state index contributed by atoms with van der Waals surface area (Å²) in [4.78, 5) is 0. The molecule has 0 heterocycles. The smallest absolute Gasteiger partial charge is 1.00 e. The number of allylic oxidation sites excluding steroid dienone is 8. The van der Waals surface area contributed by atoms with Crippen LogP contribution in [0, 0.1) is 0 Å².